The van der Waals surface area contributed by atoms with Gasteiger partial charge in [0.05, 0.1) is 23.5 Å². The van der Waals surface area contributed by atoms with Crippen LogP contribution in [0.25, 0.3) is 0 Å². The Balaban J connectivity index is 1.29. The molecule has 0 aliphatic carbocycles. The third-order valence-corrected chi connectivity index (χ3v) is 6.43. The van der Waals surface area contributed by atoms with Crippen LogP contribution < -0.4 is 25.6 Å². The van der Waals surface area contributed by atoms with Crippen molar-refractivity contribution in [3.8, 4) is 5.75 Å². The summed E-state index contributed by atoms with van der Waals surface area (Å²) in [5, 5.41) is 9.15. The summed E-state index contributed by atoms with van der Waals surface area (Å²) in [6, 6.07) is 18.3. The van der Waals surface area contributed by atoms with Crippen LogP contribution in [0.4, 0.5) is 32.3 Å². The first-order chi connectivity index (χ1) is 17.3. The molecule has 4 rings (SSSR count). The van der Waals surface area contributed by atoms with Gasteiger partial charge in [-0.05, 0) is 67.4 Å². The zero-order chi connectivity index (χ0) is 25.7. The molecule has 4 amide bonds. The molecule has 1 saturated heterocycles. The van der Waals surface area contributed by atoms with Crippen LogP contribution in [0, 0.1) is 13.8 Å². The van der Waals surface area contributed by atoms with E-state index < -0.39 is 0 Å². The van der Waals surface area contributed by atoms with Crippen LogP contribution in [-0.4, -0.2) is 50.3 Å². The molecule has 0 atom stereocenters. The van der Waals surface area contributed by atoms with E-state index in [0.717, 1.165) is 16.8 Å². The van der Waals surface area contributed by atoms with E-state index in [-0.39, 0.29) is 12.1 Å². The smallest absolute Gasteiger partial charge is 0.323 e. The number of aryl methyl sites for hydroxylation is 2. The van der Waals surface area contributed by atoms with Crippen molar-refractivity contribution in [2.24, 2.45) is 0 Å². The molecule has 1 fully saturated rings. The number of hydrogen-bond donors (Lipinski definition) is 3. The number of carbonyl (C=O) groups is 2. The molecule has 0 unspecified atom stereocenters. The van der Waals surface area contributed by atoms with E-state index in [4.69, 9.17) is 16.3 Å². The zero-order valence-electron chi connectivity index (χ0n) is 20.6. The number of ether oxygens (including phenoxy) is 1. The number of carbonyl (C=O) groups excluding carboxylic acids is 2. The molecule has 9 heteroatoms. The van der Waals surface area contributed by atoms with Crippen molar-refractivity contribution in [1.82, 2.24) is 4.90 Å². The van der Waals surface area contributed by atoms with Gasteiger partial charge in [0.2, 0.25) is 0 Å². The number of rotatable bonds is 5. The lowest BCUT2D eigenvalue weighted by Gasteiger charge is -2.36. The first-order valence-corrected chi connectivity index (χ1v) is 12.1. The summed E-state index contributed by atoms with van der Waals surface area (Å²) in [4.78, 5) is 29.2. The molecule has 36 heavy (non-hydrogen) atoms. The maximum Gasteiger partial charge on any atom is 0.323 e. The SMILES string of the molecule is COc1ccc(C)cc1NC(=O)Nc1ccc(N2CCN(C(=O)Nc3c(C)cccc3Cl)CC2)cc1. The minimum atomic E-state index is -0.347. The molecule has 1 aliphatic rings. The lowest BCUT2D eigenvalue weighted by molar-refractivity contribution is 0.208. The number of anilines is 4. The monoisotopic (exact) mass is 507 g/mol. The number of nitrogens with zero attached hydrogens (tertiary/aromatic N) is 2. The van der Waals surface area contributed by atoms with Crippen molar-refractivity contribution in [2.75, 3.05) is 54.1 Å². The molecule has 188 valence electrons. The highest BCUT2D eigenvalue weighted by Crippen LogP contribution is 2.27. The van der Waals surface area contributed by atoms with E-state index in [1.165, 1.54) is 0 Å². The van der Waals surface area contributed by atoms with Crippen molar-refractivity contribution in [1.29, 1.82) is 0 Å². The van der Waals surface area contributed by atoms with Crippen LogP contribution in [0.3, 0.4) is 0 Å². The Bertz CT molecular complexity index is 1220. The highest BCUT2D eigenvalue weighted by molar-refractivity contribution is 6.33. The summed E-state index contributed by atoms with van der Waals surface area (Å²) in [5.41, 5.74) is 4.92. The highest BCUT2D eigenvalue weighted by atomic mass is 35.5. The van der Waals surface area contributed by atoms with Crippen molar-refractivity contribution < 1.29 is 14.3 Å². The fraction of sp³-hybridized carbons (Fsp3) is 0.259. The van der Waals surface area contributed by atoms with E-state index in [9.17, 15) is 9.59 Å². The summed E-state index contributed by atoms with van der Waals surface area (Å²) in [5.74, 6) is 0.598. The number of urea groups is 2. The van der Waals surface area contributed by atoms with E-state index in [0.29, 0.717) is 54.0 Å². The van der Waals surface area contributed by atoms with Crippen LogP contribution in [0.2, 0.25) is 5.02 Å². The molecule has 8 nitrogen and oxygen atoms in total. The van der Waals surface area contributed by atoms with Gasteiger partial charge in [0.1, 0.15) is 5.75 Å². The maximum absolute atomic E-state index is 12.7. The highest BCUT2D eigenvalue weighted by Gasteiger charge is 2.22. The summed E-state index contributed by atoms with van der Waals surface area (Å²) < 4.78 is 5.31. The second-order valence-corrected chi connectivity index (χ2v) is 9.07. The van der Waals surface area contributed by atoms with Gasteiger partial charge < -0.3 is 30.5 Å². The predicted molar refractivity (Wildman–Crippen MR) is 146 cm³/mol. The van der Waals surface area contributed by atoms with Crippen molar-refractivity contribution in [3.63, 3.8) is 0 Å². The van der Waals surface area contributed by atoms with Gasteiger partial charge in [-0.1, -0.05) is 29.8 Å². The maximum atomic E-state index is 12.7. The van der Waals surface area contributed by atoms with Crippen molar-refractivity contribution in [3.05, 3.63) is 76.8 Å². The normalized spacial score (nSPS) is 13.2. The van der Waals surface area contributed by atoms with Gasteiger partial charge in [0.25, 0.3) is 0 Å². The minimum Gasteiger partial charge on any atom is -0.495 e. The van der Waals surface area contributed by atoms with E-state index in [1.807, 2.05) is 68.4 Å². The lowest BCUT2D eigenvalue weighted by Crippen LogP contribution is -2.50. The summed E-state index contributed by atoms with van der Waals surface area (Å²) in [6.07, 6.45) is 0. The first kappa shape index (κ1) is 25.2. The van der Waals surface area contributed by atoms with E-state index in [1.54, 1.807) is 18.1 Å². The molecule has 0 bridgehead atoms. The molecule has 1 heterocycles. The van der Waals surface area contributed by atoms with Crippen LogP contribution in [-0.2, 0) is 0 Å². The average Bonchev–Trinajstić information content (AvgIpc) is 2.87. The van der Waals surface area contributed by atoms with Gasteiger partial charge >= 0.3 is 12.1 Å². The Hall–Kier alpha value is -3.91. The number of halogens is 1. The van der Waals surface area contributed by atoms with Crippen LogP contribution in [0.1, 0.15) is 11.1 Å². The average molecular weight is 508 g/mol. The fourth-order valence-electron chi connectivity index (χ4n) is 4.10. The van der Waals surface area contributed by atoms with Crippen LogP contribution in [0.5, 0.6) is 5.75 Å². The molecule has 1 aliphatic heterocycles. The second-order valence-electron chi connectivity index (χ2n) is 8.67. The number of benzene rings is 3. The van der Waals surface area contributed by atoms with Gasteiger partial charge in [-0.25, -0.2) is 9.59 Å². The number of para-hydroxylation sites is 1. The molecule has 3 aromatic carbocycles. The molecule has 0 aromatic heterocycles. The molecule has 0 radical (unpaired) electrons. The molecular formula is C27H30ClN5O3. The standard InChI is InChI=1S/C27H30ClN5O3/c1-18-7-12-24(36-3)23(17-18)30-26(34)29-20-8-10-21(11-9-20)32-13-15-33(16-14-32)27(35)31-25-19(2)5-4-6-22(25)28/h4-12,17H,13-16H2,1-3H3,(H,31,35)(H2,29,30,34). The van der Waals surface area contributed by atoms with Crippen LogP contribution in [0.15, 0.2) is 60.7 Å². The molecule has 0 saturated carbocycles. The molecule has 3 aromatic rings. The van der Waals surface area contributed by atoms with Crippen molar-refractivity contribution in [2.45, 2.75) is 13.8 Å². The van der Waals surface area contributed by atoms with Gasteiger partial charge in [-0.2, -0.15) is 0 Å². The third-order valence-electron chi connectivity index (χ3n) is 6.11. The fourth-order valence-corrected chi connectivity index (χ4v) is 4.37. The first-order valence-electron chi connectivity index (χ1n) is 11.7. The Morgan fingerprint density at radius 2 is 1.61 bits per heavy atom. The quantitative estimate of drug-likeness (QED) is 0.397. The summed E-state index contributed by atoms with van der Waals surface area (Å²) in [6.45, 7) is 6.46. The Labute approximate surface area is 216 Å². The second kappa shape index (κ2) is 11.2. The topological polar surface area (TPSA) is 85.9 Å². The van der Waals surface area contributed by atoms with Crippen LogP contribution >= 0.6 is 11.6 Å². The summed E-state index contributed by atoms with van der Waals surface area (Å²) in [7, 11) is 1.57. The molecule has 3 N–H and O–H groups in total. The van der Waals surface area contributed by atoms with Gasteiger partial charge in [0.15, 0.2) is 0 Å². The Kier molecular flexibility index (Phi) is 7.85. The third kappa shape index (κ3) is 6.01. The lowest BCUT2D eigenvalue weighted by atomic mass is 10.2. The molecular weight excluding hydrogens is 478 g/mol. The Morgan fingerprint density at radius 1 is 0.889 bits per heavy atom. The number of methoxy groups -OCH3 is 1. The summed E-state index contributed by atoms with van der Waals surface area (Å²) >= 11 is 6.24. The number of hydrogen-bond acceptors (Lipinski definition) is 4. The Morgan fingerprint density at radius 3 is 2.28 bits per heavy atom. The largest absolute Gasteiger partial charge is 0.495 e. The zero-order valence-corrected chi connectivity index (χ0v) is 21.4. The van der Waals surface area contributed by atoms with Gasteiger partial charge in [-0.15, -0.1) is 0 Å². The van der Waals surface area contributed by atoms with E-state index in [2.05, 4.69) is 20.9 Å². The number of nitrogens with one attached hydrogen (secondary N) is 3. The predicted octanol–water partition coefficient (Wildman–Crippen LogP) is 5.96. The van der Waals surface area contributed by atoms with Crippen molar-refractivity contribution >= 4 is 46.4 Å². The minimum absolute atomic E-state index is 0.151. The van der Waals surface area contributed by atoms with Gasteiger partial charge in [0, 0.05) is 37.6 Å². The van der Waals surface area contributed by atoms with E-state index >= 15 is 0 Å². The number of amides is 4. The number of piperazine rings is 1. The molecule has 0 spiro atoms. The van der Waals surface area contributed by atoms with Gasteiger partial charge in [-0.3, -0.25) is 0 Å².